The van der Waals surface area contributed by atoms with E-state index in [1.807, 2.05) is 55.6 Å². The number of carbonyl (C=O) groups is 1. The second kappa shape index (κ2) is 8.16. The Hall–Kier alpha value is -2.64. The van der Waals surface area contributed by atoms with Gasteiger partial charge in [-0.25, -0.2) is 0 Å². The Morgan fingerprint density at radius 2 is 1.93 bits per heavy atom. The van der Waals surface area contributed by atoms with Gasteiger partial charge >= 0.3 is 0 Å². The van der Waals surface area contributed by atoms with Crippen molar-refractivity contribution < 1.29 is 14.3 Å². The van der Waals surface area contributed by atoms with Crippen molar-refractivity contribution >= 4 is 28.9 Å². The van der Waals surface area contributed by atoms with Gasteiger partial charge in [-0.15, -0.1) is 0 Å². The topological polar surface area (TPSA) is 62.8 Å². The van der Waals surface area contributed by atoms with Gasteiger partial charge < -0.3 is 25.0 Å². The lowest BCUT2D eigenvalue weighted by atomic mass is 9.98. The maximum absolute atomic E-state index is 12.4. The molecule has 0 bridgehead atoms. The lowest BCUT2D eigenvalue weighted by Crippen LogP contribution is -2.44. The second-order valence-electron chi connectivity index (χ2n) is 7.18. The fourth-order valence-electron chi connectivity index (χ4n) is 3.53. The number of rotatable bonds is 3. The molecule has 4 rings (SSSR count). The number of fused-ring (bicyclic) bond motifs is 1. The van der Waals surface area contributed by atoms with E-state index in [4.69, 9.17) is 21.7 Å². The van der Waals surface area contributed by atoms with Crippen molar-refractivity contribution in [3.05, 3.63) is 54.1 Å². The van der Waals surface area contributed by atoms with E-state index in [1.165, 1.54) is 0 Å². The lowest BCUT2D eigenvalue weighted by molar-refractivity contribution is -0.125. The van der Waals surface area contributed by atoms with Crippen molar-refractivity contribution in [2.75, 3.05) is 25.5 Å². The Labute approximate surface area is 169 Å². The highest BCUT2D eigenvalue weighted by Gasteiger charge is 2.27. The van der Waals surface area contributed by atoms with E-state index >= 15 is 0 Å². The zero-order chi connectivity index (χ0) is 19.5. The highest BCUT2D eigenvalue weighted by molar-refractivity contribution is 7.80. The summed E-state index contributed by atoms with van der Waals surface area (Å²) in [5, 5.41) is 6.15. The Bertz CT molecular complexity index is 874. The van der Waals surface area contributed by atoms with Crippen molar-refractivity contribution in [3.8, 4) is 11.5 Å². The molecule has 6 nitrogen and oxygen atoms in total. The first-order valence-electron chi connectivity index (χ1n) is 9.41. The van der Waals surface area contributed by atoms with Crippen LogP contribution >= 0.6 is 12.2 Å². The average molecular weight is 398 g/mol. The number of piperidine rings is 1. The smallest absolute Gasteiger partial charge is 0.267 e. The number of nitrogens with one attached hydrogen (secondary N) is 2. The molecule has 1 fully saturated rings. The van der Waals surface area contributed by atoms with E-state index in [0.29, 0.717) is 11.5 Å². The minimum Gasteiger partial charge on any atom is -0.447 e. The molecule has 7 heteroatoms. The maximum Gasteiger partial charge on any atom is 0.267 e. The molecular weight excluding hydrogens is 374 g/mol. The third-order valence-corrected chi connectivity index (χ3v) is 5.18. The quantitative estimate of drug-likeness (QED) is 0.775. The summed E-state index contributed by atoms with van der Waals surface area (Å²) >= 11 is 5.31. The number of anilines is 1. The molecule has 1 saturated heterocycles. The summed E-state index contributed by atoms with van der Waals surface area (Å²) in [6.07, 6.45) is 1.46. The summed E-state index contributed by atoms with van der Waals surface area (Å²) in [5.41, 5.74) is 1.69. The van der Waals surface area contributed by atoms with Crippen LogP contribution in [0.5, 0.6) is 11.5 Å². The van der Waals surface area contributed by atoms with E-state index in [0.717, 1.165) is 37.2 Å². The van der Waals surface area contributed by atoms with Crippen molar-refractivity contribution in [2.24, 2.45) is 5.92 Å². The van der Waals surface area contributed by atoms with Crippen LogP contribution in [0.1, 0.15) is 24.7 Å². The van der Waals surface area contributed by atoms with Gasteiger partial charge in [-0.05, 0) is 50.8 Å². The largest absolute Gasteiger partial charge is 0.447 e. The number of amides is 1. The van der Waals surface area contributed by atoms with Gasteiger partial charge in [-0.1, -0.05) is 30.3 Å². The summed E-state index contributed by atoms with van der Waals surface area (Å²) in [6, 6.07) is 15.3. The van der Waals surface area contributed by atoms with Gasteiger partial charge in [0.2, 0.25) is 5.91 Å². The molecule has 2 unspecified atom stereocenters. The number of ether oxygens (including phenoxy) is 2. The monoisotopic (exact) mass is 397 g/mol. The molecule has 0 aliphatic carbocycles. The highest BCUT2D eigenvalue weighted by atomic mass is 32.1. The van der Waals surface area contributed by atoms with Crippen LogP contribution in [0.3, 0.4) is 0 Å². The van der Waals surface area contributed by atoms with Gasteiger partial charge in [0, 0.05) is 23.9 Å². The third-order valence-electron chi connectivity index (χ3n) is 4.97. The molecule has 28 heavy (non-hydrogen) atoms. The summed E-state index contributed by atoms with van der Waals surface area (Å²) in [4.78, 5) is 14.6. The zero-order valence-electron chi connectivity index (χ0n) is 15.7. The Kier molecular flexibility index (Phi) is 5.45. The van der Waals surface area contributed by atoms with Gasteiger partial charge in [0.1, 0.15) is 0 Å². The Morgan fingerprint density at radius 3 is 2.71 bits per heavy atom. The van der Waals surface area contributed by atoms with Gasteiger partial charge in [-0.3, -0.25) is 4.79 Å². The standard InChI is InChI=1S/C21H23N3O3S/c1-24-11-5-8-15(13-24)19(25)23-21(28)22-16-9-10-17-18(12-16)27-20(26-17)14-6-3-2-4-7-14/h2-4,6-7,9-10,12,15,20H,5,8,11,13H2,1H3,(H2,22,23,25,28). The zero-order valence-corrected chi connectivity index (χ0v) is 16.5. The van der Waals surface area contributed by atoms with Crippen LogP contribution in [0.4, 0.5) is 5.69 Å². The minimum atomic E-state index is -0.457. The number of likely N-dealkylation sites (tertiary alicyclic amines) is 1. The number of hydrogen-bond donors (Lipinski definition) is 2. The van der Waals surface area contributed by atoms with Crippen molar-refractivity contribution in [1.29, 1.82) is 0 Å². The molecule has 0 saturated carbocycles. The van der Waals surface area contributed by atoms with E-state index in [9.17, 15) is 4.79 Å². The van der Waals surface area contributed by atoms with Gasteiger partial charge in [0.25, 0.3) is 6.29 Å². The molecule has 2 aliphatic heterocycles. The van der Waals surface area contributed by atoms with Crippen LogP contribution in [0.15, 0.2) is 48.5 Å². The van der Waals surface area contributed by atoms with Crippen LogP contribution in [0, 0.1) is 5.92 Å². The van der Waals surface area contributed by atoms with Crippen LogP contribution in [-0.4, -0.2) is 36.1 Å². The molecule has 2 atom stereocenters. The fourth-order valence-corrected chi connectivity index (χ4v) is 3.75. The molecule has 2 aromatic carbocycles. The number of nitrogens with zero attached hydrogens (tertiary/aromatic N) is 1. The summed E-state index contributed by atoms with van der Waals surface area (Å²) in [7, 11) is 2.03. The van der Waals surface area contributed by atoms with Crippen LogP contribution in [0.25, 0.3) is 0 Å². The first-order chi connectivity index (χ1) is 13.6. The van der Waals surface area contributed by atoms with Crippen molar-refractivity contribution in [2.45, 2.75) is 19.1 Å². The first-order valence-corrected chi connectivity index (χ1v) is 9.82. The maximum atomic E-state index is 12.4. The highest BCUT2D eigenvalue weighted by Crippen LogP contribution is 2.41. The number of carbonyl (C=O) groups excluding carboxylic acids is 1. The summed E-state index contributed by atoms with van der Waals surface area (Å²) in [5.74, 6) is 1.26. The Morgan fingerprint density at radius 1 is 1.14 bits per heavy atom. The number of benzene rings is 2. The third kappa shape index (κ3) is 4.26. The van der Waals surface area contributed by atoms with E-state index in [1.54, 1.807) is 0 Å². The molecule has 146 valence electrons. The predicted octanol–water partition coefficient (Wildman–Crippen LogP) is 3.31. The molecule has 2 heterocycles. The van der Waals surface area contributed by atoms with Gasteiger partial charge in [0.05, 0.1) is 5.92 Å². The molecule has 0 aromatic heterocycles. The van der Waals surface area contributed by atoms with Crippen LogP contribution in [0.2, 0.25) is 0 Å². The van der Waals surface area contributed by atoms with Gasteiger partial charge in [-0.2, -0.15) is 0 Å². The van der Waals surface area contributed by atoms with Crippen LogP contribution in [-0.2, 0) is 4.79 Å². The fraction of sp³-hybridized carbons (Fsp3) is 0.333. The molecule has 2 N–H and O–H groups in total. The lowest BCUT2D eigenvalue weighted by Gasteiger charge is -2.28. The first kappa shape index (κ1) is 18.7. The predicted molar refractivity (Wildman–Crippen MR) is 111 cm³/mol. The number of thiocarbonyl (C=S) groups is 1. The summed E-state index contributed by atoms with van der Waals surface area (Å²) in [6.45, 7) is 1.80. The molecule has 2 aromatic rings. The molecule has 1 amide bonds. The van der Waals surface area contributed by atoms with Crippen LogP contribution < -0.4 is 20.1 Å². The average Bonchev–Trinajstić information content (AvgIpc) is 3.12. The van der Waals surface area contributed by atoms with Crippen molar-refractivity contribution in [1.82, 2.24) is 10.2 Å². The normalized spacial score (nSPS) is 21.2. The van der Waals surface area contributed by atoms with Gasteiger partial charge in [0.15, 0.2) is 16.6 Å². The number of hydrogen-bond acceptors (Lipinski definition) is 5. The van der Waals surface area contributed by atoms with E-state index in [-0.39, 0.29) is 16.9 Å². The minimum absolute atomic E-state index is 0.0260. The molecular formula is C21H23N3O3S. The SMILES string of the molecule is CN1CCCC(C(=O)NC(=S)Nc2ccc3c(c2)OC(c2ccccc2)O3)C1. The second-order valence-corrected chi connectivity index (χ2v) is 7.59. The molecule has 0 radical (unpaired) electrons. The molecule has 2 aliphatic rings. The van der Waals surface area contributed by atoms with E-state index in [2.05, 4.69) is 15.5 Å². The molecule has 0 spiro atoms. The summed E-state index contributed by atoms with van der Waals surface area (Å²) < 4.78 is 11.8. The Balaban J connectivity index is 1.35. The van der Waals surface area contributed by atoms with E-state index < -0.39 is 6.29 Å². The van der Waals surface area contributed by atoms with Crippen molar-refractivity contribution in [3.63, 3.8) is 0 Å².